The van der Waals surface area contributed by atoms with Crippen molar-refractivity contribution in [1.82, 2.24) is 0 Å². The first-order valence-corrected chi connectivity index (χ1v) is 7.93. The number of benzene rings is 1. The Hall–Kier alpha value is -2.30. The number of ether oxygens (including phenoxy) is 1. The van der Waals surface area contributed by atoms with E-state index < -0.39 is 17.8 Å². The summed E-state index contributed by atoms with van der Waals surface area (Å²) in [5, 5.41) is 12.5. The van der Waals surface area contributed by atoms with Crippen LogP contribution in [-0.4, -0.2) is 24.1 Å². The number of allylic oxidation sites excluding steroid dienone is 2. The van der Waals surface area contributed by atoms with Gasteiger partial charge in [0.25, 0.3) is 0 Å². The Kier molecular flexibility index (Phi) is 3.01. The normalized spacial score (nSPS) is 32.0. The summed E-state index contributed by atoms with van der Waals surface area (Å²) in [5.41, 5.74) is 0.675. The Labute approximate surface area is 134 Å². The maximum absolute atomic E-state index is 12.8. The van der Waals surface area contributed by atoms with E-state index in [0.29, 0.717) is 11.4 Å². The minimum atomic E-state index is -0.862. The minimum absolute atomic E-state index is 0.00561. The third-order valence-corrected chi connectivity index (χ3v) is 5.77. The number of rotatable bonds is 4. The van der Waals surface area contributed by atoms with Crippen molar-refractivity contribution in [2.75, 3.05) is 12.4 Å². The van der Waals surface area contributed by atoms with Crippen molar-refractivity contribution in [3.8, 4) is 5.75 Å². The van der Waals surface area contributed by atoms with Gasteiger partial charge in [0.15, 0.2) is 0 Å². The first-order chi connectivity index (χ1) is 11.1. The lowest BCUT2D eigenvalue weighted by atomic mass is 9.82. The van der Waals surface area contributed by atoms with Gasteiger partial charge in [-0.1, -0.05) is 18.2 Å². The predicted molar refractivity (Wildman–Crippen MR) is 84.0 cm³/mol. The SMILES string of the molecule is COc1cccc(NC(=O)[C@@H]2[C@@H](C(=O)O)[C@H]3C=C[C@H]2C32CC2)c1. The maximum Gasteiger partial charge on any atom is 0.307 e. The fraction of sp³-hybridized carbons (Fsp3) is 0.444. The third kappa shape index (κ3) is 1.99. The van der Waals surface area contributed by atoms with Crippen LogP contribution < -0.4 is 10.1 Å². The van der Waals surface area contributed by atoms with E-state index in [0.717, 1.165) is 12.8 Å². The van der Waals surface area contributed by atoms with Crippen molar-refractivity contribution in [2.45, 2.75) is 12.8 Å². The van der Waals surface area contributed by atoms with Crippen LogP contribution >= 0.6 is 0 Å². The van der Waals surface area contributed by atoms with E-state index in [2.05, 4.69) is 11.4 Å². The maximum atomic E-state index is 12.8. The molecule has 0 aromatic heterocycles. The van der Waals surface area contributed by atoms with Gasteiger partial charge in [0.05, 0.1) is 18.9 Å². The summed E-state index contributed by atoms with van der Waals surface area (Å²) in [6, 6.07) is 7.12. The van der Waals surface area contributed by atoms with Crippen molar-refractivity contribution >= 4 is 17.6 Å². The molecule has 1 spiro atoms. The van der Waals surface area contributed by atoms with E-state index in [1.165, 1.54) is 0 Å². The van der Waals surface area contributed by atoms with Gasteiger partial charge in [0.2, 0.25) is 5.91 Å². The van der Waals surface area contributed by atoms with Gasteiger partial charge in [0, 0.05) is 11.8 Å². The molecular weight excluding hydrogens is 294 g/mol. The van der Waals surface area contributed by atoms with E-state index in [1.807, 2.05) is 6.08 Å². The fourth-order valence-corrected chi connectivity index (χ4v) is 4.62. The van der Waals surface area contributed by atoms with Crippen LogP contribution in [0.3, 0.4) is 0 Å². The van der Waals surface area contributed by atoms with Crippen molar-refractivity contribution < 1.29 is 19.4 Å². The zero-order chi connectivity index (χ0) is 16.2. The van der Waals surface area contributed by atoms with Gasteiger partial charge in [-0.15, -0.1) is 0 Å². The molecule has 5 heteroatoms. The van der Waals surface area contributed by atoms with Crippen LogP contribution in [0.5, 0.6) is 5.75 Å². The number of nitrogens with one attached hydrogen (secondary N) is 1. The molecule has 5 nitrogen and oxygen atoms in total. The third-order valence-electron chi connectivity index (χ3n) is 5.77. The second-order valence-corrected chi connectivity index (χ2v) is 6.78. The van der Waals surface area contributed by atoms with E-state index in [1.54, 1.807) is 31.4 Å². The minimum Gasteiger partial charge on any atom is -0.497 e. The summed E-state index contributed by atoms with van der Waals surface area (Å²) >= 11 is 0. The molecular formula is C18H19NO4. The quantitative estimate of drug-likeness (QED) is 0.838. The first kappa shape index (κ1) is 14.3. The monoisotopic (exact) mass is 313 g/mol. The van der Waals surface area contributed by atoms with Crippen molar-refractivity contribution in [1.29, 1.82) is 0 Å². The largest absolute Gasteiger partial charge is 0.497 e. The zero-order valence-corrected chi connectivity index (χ0v) is 12.9. The number of amides is 1. The number of carbonyl (C=O) groups is 2. The van der Waals surface area contributed by atoms with Gasteiger partial charge >= 0.3 is 5.97 Å². The molecule has 3 aliphatic carbocycles. The Morgan fingerprint density at radius 3 is 2.52 bits per heavy atom. The lowest BCUT2D eigenvalue weighted by Crippen LogP contribution is -2.36. The highest BCUT2D eigenvalue weighted by Crippen LogP contribution is 2.72. The van der Waals surface area contributed by atoms with E-state index in [-0.39, 0.29) is 23.2 Å². The number of anilines is 1. The number of hydrogen-bond donors (Lipinski definition) is 2. The molecule has 4 rings (SSSR count). The van der Waals surface area contributed by atoms with Gasteiger partial charge in [-0.25, -0.2) is 0 Å². The van der Waals surface area contributed by atoms with Crippen LogP contribution in [-0.2, 0) is 9.59 Å². The Balaban J connectivity index is 1.60. The molecule has 1 aromatic rings. The Morgan fingerprint density at radius 1 is 1.22 bits per heavy atom. The number of aliphatic carboxylic acids is 1. The van der Waals surface area contributed by atoms with Crippen molar-refractivity contribution in [3.05, 3.63) is 36.4 Å². The Bertz CT molecular complexity index is 707. The lowest BCUT2D eigenvalue weighted by Gasteiger charge is -2.23. The second-order valence-electron chi connectivity index (χ2n) is 6.78. The second kappa shape index (κ2) is 4.85. The average Bonchev–Trinajstić information content (AvgIpc) is 3.20. The molecule has 2 N–H and O–H groups in total. The highest BCUT2D eigenvalue weighted by atomic mass is 16.5. The highest BCUT2D eigenvalue weighted by molar-refractivity contribution is 5.96. The lowest BCUT2D eigenvalue weighted by molar-refractivity contribution is -0.146. The first-order valence-electron chi connectivity index (χ1n) is 7.93. The molecule has 0 aliphatic heterocycles. The highest BCUT2D eigenvalue weighted by Gasteiger charge is 2.70. The number of methoxy groups -OCH3 is 1. The summed E-state index contributed by atoms with van der Waals surface area (Å²) in [5.74, 6) is -1.45. The molecule has 120 valence electrons. The molecule has 0 heterocycles. The standard InChI is InChI=1S/C18H19NO4/c1-23-11-4-2-3-10(9-11)19-16(20)14-12-5-6-13(15(14)17(21)22)18(12)7-8-18/h2-6,9,12-15H,7-8H2,1H3,(H,19,20)(H,21,22)/t12-,13-,14+,15+/m1/s1. The van der Waals surface area contributed by atoms with Crippen LogP contribution in [0, 0.1) is 29.1 Å². The summed E-state index contributed by atoms with van der Waals surface area (Å²) in [6.07, 6.45) is 6.14. The van der Waals surface area contributed by atoms with Gasteiger partial charge in [0.1, 0.15) is 5.75 Å². The van der Waals surface area contributed by atoms with Gasteiger partial charge in [-0.05, 0) is 42.2 Å². The van der Waals surface area contributed by atoms with Gasteiger partial charge in [-0.3, -0.25) is 9.59 Å². The van der Waals surface area contributed by atoms with Crippen molar-refractivity contribution in [3.63, 3.8) is 0 Å². The summed E-state index contributed by atoms with van der Waals surface area (Å²) in [7, 11) is 1.57. The summed E-state index contributed by atoms with van der Waals surface area (Å²) in [4.78, 5) is 24.5. The molecule has 23 heavy (non-hydrogen) atoms. The molecule has 1 amide bonds. The Morgan fingerprint density at radius 2 is 1.91 bits per heavy atom. The van der Waals surface area contributed by atoms with Crippen LogP contribution in [0.25, 0.3) is 0 Å². The summed E-state index contributed by atoms with van der Waals surface area (Å²) < 4.78 is 5.16. The van der Waals surface area contributed by atoms with Crippen LogP contribution in [0.15, 0.2) is 36.4 Å². The zero-order valence-electron chi connectivity index (χ0n) is 12.9. The topological polar surface area (TPSA) is 75.6 Å². The fourth-order valence-electron chi connectivity index (χ4n) is 4.62. The summed E-state index contributed by atoms with van der Waals surface area (Å²) in [6.45, 7) is 0. The van der Waals surface area contributed by atoms with Gasteiger partial charge in [-0.2, -0.15) is 0 Å². The van der Waals surface area contributed by atoms with Gasteiger partial charge < -0.3 is 15.2 Å². The van der Waals surface area contributed by atoms with Crippen LogP contribution in [0.4, 0.5) is 5.69 Å². The molecule has 4 atom stereocenters. The predicted octanol–water partition coefficient (Wildman–Crippen LogP) is 2.55. The van der Waals surface area contributed by atoms with Crippen LogP contribution in [0.1, 0.15) is 12.8 Å². The molecule has 2 fully saturated rings. The van der Waals surface area contributed by atoms with Crippen molar-refractivity contribution in [2.24, 2.45) is 29.1 Å². The molecule has 2 saturated carbocycles. The molecule has 3 aliphatic rings. The van der Waals surface area contributed by atoms with E-state index in [9.17, 15) is 14.7 Å². The average molecular weight is 313 g/mol. The molecule has 2 bridgehead atoms. The molecule has 1 aromatic carbocycles. The number of carboxylic acids is 1. The number of hydrogen-bond acceptors (Lipinski definition) is 3. The van der Waals surface area contributed by atoms with E-state index in [4.69, 9.17) is 4.74 Å². The smallest absolute Gasteiger partial charge is 0.307 e. The number of carbonyl (C=O) groups excluding carboxylic acids is 1. The number of carboxylic acid groups (broad SMARTS) is 1. The van der Waals surface area contributed by atoms with Crippen LogP contribution in [0.2, 0.25) is 0 Å². The molecule has 0 radical (unpaired) electrons. The molecule has 0 unspecified atom stereocenters. The molecule has 0 saturated heterocycles. The van der Waals surface area contributed by atoms with E-state index >= 15 is 0 Å².